The summed E-state index contributed by atoms with van der Waals surface area (Å²) in [4.78, 5) is 27.2. The number of carbonyl (C=O) groups excluding carboxylic acids is 2. The Morgan fingerprint density at radius 2 is 2.06 bits per heavy atom. The van der Waals surface area contributed by atoms with Gasteiger partial charge >= 0.3 is 0 Å². The number of ether oxygens (including phenoxy) is 1. The molecule has 1 fully saturated rings. The predicted molar refractivity (Wildman–Crippen MR) is 125 cm³/mol. The summed E-state index contributed by atoms with van der Waals surface area (Å²) < 4.78 is 6.94. The van der Waals surface area contributed by atoms with Gasteiger partial charge in [0, 0.05) is 36.8 Å². The molecule has 0 saturated carbocycles. The van der Waals surface area contributed by atoms with E-state index in [2.05, 4.69) is 10.4 Å². The molecule has 2 amide bonds. The number of hydrogen-bond donors (Lipinski definition) is 1. The largest absolute Gasteiger partial charge is 0.497 e. The maximum Gasteiger partial charge on any atom is 0.244 e. The van der Waals surface area contributed by atoms with Gasteiger partial charge in [0.2, 0.25) is 11.8 Å². The van der Waals surface area contributed by atoms with E-state index in [1.54, 1.807) is 11.8 Å². The van der Waals surface area contributed by atoms with Crippen molar-refractivity contribution in [2.45, 2.75) is 39.2 Å². The van der Waals surface area contributed by atoms with Crippen LogP contribution in [0.4, 0.5) is 5.69 Å². The van der Waals surface area contributed by atoms with Crippen LogP contribution in [0.5, 0.6) is 5.75 Å². The first-order chi connectivity index (χ1) is 15.5. The number of benzene rings is 2. The molecule has 2 aromatic carbocycles. The Bertz CT molecular complexity index is 1070. The van der Waals surface area contributed by atoms with Crippen LogP contribution in [0.15, 0.2) is 48.7 Å². The molecule has 1 aromatic heterocycles. The van der Waals surface area contributed by atoms with E-state index in [4.69, 9.17) is 4.74 Å². The van der Waals surface area contributed by atoms with Crippen molar-refractivity contribution in [3.05, 3.63) is 54.2 Å². The van der Waals surface area contributed by atoms with Gasteiger partial charge in [0.15, 0.2) is 0 Å². The number of rotatable bonds is 7. The first-order valence-corrected chi connectivity index (χ1v) is 11.2. The number of aryl methyl sites for hydroxylation is 1. The highest BCUT2D eigenvalue weighted by atomic mass is 16.5. The van der Waals surface area contributed by atoms with Crippen molar-refractivity contribution in [2.24, 2.45) is 5.92 Å². The second kappa shape index (κ2) is 9.85. The molecule has 0 unspecified atom stereocenters. The van der Waals surface area contributed by atoms with Gasteiger partial charge in [0.1, 0.15) is 12.3 Å². The zero-order valence-corrected chi connectivity index (χ0v) is 18.7. The fraction of sp³-hybridized carbons (Fsp3) is 0.400. The fourth-order valence-corrected chi connectivity index (χ4v) is 4.31. The van der Waals surface area contributed by atoms with Gasteiger partial charge in [-0.15, -0.1) is 0 Å². The maximum absolute atomic E-state index is 12.8. The Balaban J connectivity index is 1.27. The lowest BCUT2D eigenvalue weighted by atomic mass is 9.93. The molecular formula is C25H30N4O3. The Labute approximate surface area is 188 Å². The highest BCUT2D eigenvalue weighted by Crippen LogP contribution is 2.24. The summed E-state index contributed by atoms with van der Waals surface area (Å²) in [6, 6.07) is 13.5. The monoisotopic (exact) mass is 434 g/mol. The van der Waals surface area contributed by atoms with Crippen molar-refractivity contribution >= 4 is 28.4 Å². The SMILES string of the molecule is COc1ccc(NC(=O)CC[C@H]2CCCN(C(=O)Cn3cc4ccccc4n3)C2)c(C)c1. The molecule has 0 radical (unpaired) electrons. The highest BCUT2D eigenvalue weighted by Gasteiger charge is 2.24. The Hall–Kier alpha value is -3.35. The summed E-state index contributed by atoms with van der Waals surface area (Å²) >= 11 is 0. The normalized spacial score (nSPS) is 16.2. The number of amides is 2. The molecule has 1 aliphatic rings. The molecule has 1 atom stereocenters. The number of fused-ring (bicyclic) bond motifs is 1. The van der Waals surface area contributed by atoms with E-state index in [0.29, 0.717) is 18.9 Å². The zero-order chi connectivity index (χ0) is 22.5. The summed E-state index contributed by atoms with van der Waals surface area (Å²) in [6.45, 7) is 3.67. The van der Waals surface area contributed by atoms with Gasteiger partial charge in [-0.25, -0.2) is 0 Å². The van der Waals surface area contributed by atoms with Gasteiger partial charge in [-0.3, -0.25) is 14.3 Å². The van der Waals surface area contributed by atoms with Crippen LogP contribution in [0.25, 0.3) is 10.9 Å². The third kappa shape index (κ3) is 5.28. The molecule has 1 N–H and O–H groups in total. The van der Waals surface area contributed by atoms with E-state index in [-0.39, 0.29) is 18.4 Å². The average Bonchev–Trinajstić information content (AvgIpc) is 3.21. The molecule has 7 nitrogen and oxygen atoms in total. The van der Waals surface area contributed by atoms with Crippen LogP contribution in [-0.4, -0.2) is 46.7 Å². The fourth-order valence-electron chi connectivity index (χ4n) is 4.31. The number of methoxy groups -OCH3 is 1. The van der Waals surface area contributed by atoms with E-state index >= 15 is 0 Å². The van der Waals surface area contributed by atoms with Crippen LogP contribution >= 0.6 is 0 Å². The van der Waals surface area contributed by atoms with Gasteiger partial charge in [-0.05, 0) is 61.9 Å². The van der Waals surface area contributed by atoms with Gasteiger partial charge in [-0.1, -0.05) is 18.2 Å². The second-order valence-electron chi connectivity index (χ2n) is 8.50. The first kappa shape index (κ1) is 21.9. The molecule has 4 rings (SSSR count). The van der Waals surface area contributed by atoms with Gasteiger partial charge in [0.05, 0.1) is 12.6 Å². The molecule has 32 heavy (non-hydrogen) atoms. The number of carbonyl (C=O) groups is 2. The Kier molecular flexibility index (Phi) is 6.73. The van der Waals surface area contributed by atoms with Crippen molar-refractivity contribution < 1.29 is 14.3 Å². The Morgan fingerprint density at radius 1 is 1.22 bits per heavy atom. The van der Waals surface area contributed by atoms with Crippen molar-refractivity contribution in [3.8, 4) is 5.75 Å². The van der Waals surface area contributed by atoms with Crippen LogP contribution < -0.4 is 10.1 Å². The van der Waals surface area contributed by atoms with Crippen molar-refractivity contribution in [2.75, 3.05) is 25.5 Å². The molecule has 1 aliphatic heterocycles. The quantitative estimate of drug-likeness (QED) is 0.610. The minimum atomic E-state index is 0.00458. The van der Waals surface area contributed by atoms with Gasteiger partial charge < -0.3 is 15.0 Å². The second-order valence-corrected chi connectivity index (χ2v) is 8.50. The Morgan fingerprint density at radius 3 is 2.84 bits per heavy atom. The number of nitrogens with one attached hydrogen (secondary N) is 1. The van der Waals surface area contributed by atoms with Gasteiger partial charge in [-0.2, -0.15) is 5.10 Å². The summed E-state index contributed by atoms with van der Waals surface area (Å²) in [5.74, 6) is 1.20. The number of hydrogen-bond acceptors (Lipinski definition) is 4. The molecule has 1 saturated heterocycles. The molecule has 0 aliphatic carbocycles. The standard InChI is InChI=1S/C25H30N4O3/c1-18-14-21(32-2)10-11-22(18)26-24(30)12-9-19-6-5-13-28(15-19)25(31)17-29-16-20-7-3-4-8-23(20)27-29/h3-4,7-8,10-11,14,16,19H,5-6,9,12-13,15,17H2,1-2H3,(H,26,30)/t19-/m1/s1. The van der Waals surface area contributed by atoms with E-state index in [9.17, 15) is 9.59 Å². The van der Waals surface area contributed by atoms with E-state index < -0.39 is 0 Å². The molecule has 2 heterocycles. The topological polar surface area (TPSA) is 76.5 Å². The molecule has 0 spiro atoms. The van der Waals surface area contributed by atoms with Crippen LogP contribution in [0.3, 0.4) is 0 Å². The van der Waals surface area contributed by atoms with Crippen molar-refractivity contribution in [1.29, 1.82) is 0 Å². The van der Waals surface area contributed by atoms with E-state index in [1.807, 2.05) is 60.5 Å². The lowest BCUT2D eigenvalue weighted by Gasteiger charge is -2.32. The number of anilines is 1. The minimum absolute atomic E-state index is 0.00458. The minimum Gasteiger partial charge on any atom is -0.497 e. The first-order valence-electron chi connectivity index (χ1n) is 11.2. The molecule has 3 aromatic rings. The smallest absolute Gasteiger partial charge is 0.244 e. The zero-order valence-electron chi connectivity index (χ0n) is 18.7. The predicted octanol–water partition coefficient (Wildman–Crippen LogP) is 4.01. The van der Waals surface area contributed by atoms with Crippen molar-refractivity contribution in [1.82, 2.24) is 14.7 Å². The molecule has 0 bridgehead atoms. The summed E-state index contributed by atoms with van der Waals surface area (Å²) in [5.41, 5.74) is 2.68. The van der Waals surface area contributed by atoms with E-state index in [0.717, 1.165) is 53.7 Å². The molecule has 7 heteroatoms. The molecule has 168 valence electrons. The number of likely N-dealkylation sites (tertiary alicyclic amines) is 1. The third-order valence-corrected chi connectivity index (χ3v) is 6.12. The number of aromatic nitrogens is 2. The van der Waals surface area contributed by atoms with Crippen LogP contribution in [0.1, 0.15) is 31.2 Å². The number of piperidine rings is 1. The summed E-state index contributed by atoms with van der Waals surface area (Å²) in [5, 5.41) is 8.52. The van der Waals surface area contributed by atoms with Gasteiger partial charge in [0.25, 0.3) is 0 Å². The van der Waals surface area contributed by atoms with Crippen LogP contribution in [-0.2, 0) is 16.1 Å². The lowest BCUT2D eigenvalue weighted by Crippen LogP contribution is -2.41. The lowest BCUT2D eigenvalue weighted by molar-refractivity contribution is -0.133. The average molecular weight is 435 g/mol. The number of nitrogens with zero attached hydrogens (tertiary/aromatic N) is 3. The third-order valence-electron chi connectivity index (χ3n) is 6.12. The van der Waals surface area contributed by atoms with Crippen LogP contribution in [0, 0.1) is 12.8 Å². The maximum atomic E-state index is 12.8. The summed E-state index contributed by atoms with van der Waals surface area (Å²) in [6.07, 6.45) is 5.15. The van der Waals surface area contributed by atoms with Crippen LogP contribution in [0.2, 0.25) is 0 Å². The summed E-state index contributed by atoms with van der Waals surface area (Å²) in [7, 11) is 1.63. The van der Waals surface area contributed by atoms with Crippen molar-refractivity contribution in [3.63, 3.8) is 0 Å². The van der Waals surface area contributed by atoms with E-state index in [1.165, 1.54) is 0 Å². The molecular weight excluding hydrogens is 404 g/mol. The highest BCUT2D eigenvalue weighted by molar-refractivity contribution is 5.91.